The first-order valence-electron chi connectivity index (χ1n) is 6.42. The predicted octanol–water partition coefficient (Wildman–Crippen LogP) is 2.06. The van der Waals surface area contributed by atoms with Crippen molar-refractivity contribution in [2.24, 2.45) is 0 Å². The largest absolute Gasteiger partial charge is 0.406 e. The van der Waals surface area contributed by atoms with Crippen molar-refractivity contribution >= 4 is 6.01 Å². The van der Waals surface area contributed by atoms with E-state index in [1.54, 1.807) is 6.20 Å². The van der Waals surface area contributed by atoms with Crippen molar-refractivity contribution in [3.63, 3.8) is 0 Å². The fraction of sp³-hybridized carbons (Fsp3) is 0.462. The molecule has 2 N–H and O–H groups in total. The zero-order valence-corrected chi connectivity index (χ0v) is 11.5. The summed E-state index contributed by atoms with van der Waals surface area (Å²) in [5, 5.41) is 14.3. The van der Waals surface area contributed by atoms with E-state index >= 15 is 0 Å². The van der Waals surface area contributed by atoms with Gasteiger partial charge in [-0.2, -0.15) is 0 Å². The second-order valence-corrected chi connectivity index (χ2v) is 4.35. The number of nitrogens with one attached hydrogen (secondary N) is 2. The Kier molecular flexibility index (Phi) is 4.46. The van der Waals surface area contributed by atoms with Gasteiger partial charge in [-0.3, -0.25) is 4.98 Å². The van der Waals surface area contributed by atoms with Gasteiger partial charge in [-0.05, 0) is 32.0 Å². The van der Waals surface area contributed by atoms with Gasteiger partial charge in [0.2, 0.25) is 5.89 Å². The molecule has 2 rings (SSSR count). The predicted molar refractivity (Wildman–Crippen MR) is 72.7 cm³/mol. The molecule has 0 amide bonds. The van der Waals surface area contributed by atoms with Crippen LogP contribution in [-0.2, 0) is 6.54 Å². The van der Waals surface area contributed by atoms with Gasteiger partial charge >= 0.3 is 6.01 Å². The van der Waals surface area contributed by atoms with Gasteiger partial charge in [0.1, 0.15) is 0 Å². The molecule has 0 fully saturated rings. The van der Waals surface area contributed by atoms with Gasteiger partial charge in [0.25, 0.3) is 0 Å². The van der Waals surface area contributed by atoms with Crippen molar-refractivity contribution in [3.05, 3.63) is 35.5 Å². The zero-order valence-electron chi connectivity index (χ0n) is 11.5. The van der Waals surface area contributed by atoms with Crippen LogP contribution in [0, 0.1) is 6.92 Å². The van der Waals surface area contributed by atoms with Crippen molar-refractivity contribution in [1.82, 2.24) is 20.5 Å². The van der Waals surface area contributed by atoms with Gasteiger partial charge < -0.3 is 15.1 Å². The second-order valence-electron chi connectivity index (χ2n) is 4.35. The van der Waals surface area contributed by atoms with Crippen molar-refractivity contribution in [3.8, 4) is 0 Å². The summed E-state index contributed by atoms with van der Waals surface area (Å²) in [6.07, 6.45) is 1.77. The molecule has 0 radical (unpaired) electrons. The molecule has 102 valence electrons. The van der Waals surface area contributed by atoms with Crippen molar-refractivity contribution in [2.75, 3.05) is 11.9 Å². The number of hydrogen-bond donors (Lipinski definition) is 2. The highest BCUT2D eigenvalue weighted by atomic mass is 16.4. The number of hydrogen-bond acceptors (Lipinski definition) is 6. The van der Waals surface area contributed by atoms with Crippen LogP contribution >= 0.6 is 0 Å². The van der Waals surface area contributed by atoms with E-state index in [1.165, 1.54) is 0 Å². The number of aromatic nitrogens is 3. The van der Waals surface area contributed by atoms with E-state index in [1.807, 2.05) is 32.9 Å². The molecule has 0 bridgehead atoms. The minimum Gasteiger partial charge on any atom is -0.406 e. The smallest absolute Gasteiger partial charge is 0.315 e. The Balaban J connectivity index is 1.95. The van der Waals surface area contributed by atoms with Gasteiger partial charge in [-0.15, -0.1) is 5.10 Å². The lowest BCUT2D eigenvalue weighted by Gasteiger charge is -2.06. The summed E-state index contributed by atoms with van der Waals surface area (Å²) in [5.41, 5.74) is 2.11. The van der Waals surface area contributed by atoms with Crippen LogP contribution in [0.1, 0.15) is 37.0 Å². The first-order valence-corrected chi connectivity index (χ1v) is 6.42. The summed E-state index contributed by atoms with van der Waals surface area (Å²) >= 11 is 0. The summed E-state index contributed by atoms with van der Waals surface area (Å²) in [5.74, 6) is 0.585. The average Bonchev–Trinajstić information content (AvgIpc) is 2.87. The quantitative estimate of drug-likeness (QED) is 0.829. The molecule has 0 aliphatic rings. The van der Waals surface area contributed by atoms with Crippen LogP contribution in [0.15, 0.2) is 22.7 Å². The summed E-state index contributed by atoms with van der Waals surface area (Å²) < 4.78 is 5.54. The topological polar surface area (TPSA) is 75.9 Å². The highest BCUT2D eigenvalue weighted by molar-refractivity contribution is 5.24. The lowest BCUT2D eigenvalue weighted by Crippen LogP contribution is -2.17. The molecular weight excluding hydrogens is 242 g/mol. The third kappa shape index (κ3) is 3.51. The Morgan fingerprint density at radius 3 is 2.95 bits per heavy atom. The molecular formula is C13H19N5O. The molecule has 0 aliphatic carbocycles. The molecule has 6 heteroatoms. The number of anilines is 1. The van der Waals surface area contributed by atoms with Crippen molar-refractivity contribution in [2.45, 2.75) is 33.4 Å². The van der Waals surface area contributed by atoms with Crippen LogP contribution in [0.3, 0.4) is 0 Å². The molecule has 19 heavy (non-hydrogen) atoms. The first-order chi connectivity index (χ1) is 9.20. The normalized spacial score (nSPS) is 12.4. The molecule has 0 saturated carbocycles. The van der Waals surface area contributed by atoms with Crippen LogP contribution in [0.4, 0.5) is 6.01 Å². The van der Waals surface area contributed by atoms with Crippen LogP contribution in [-0.4, -0.2) is 21.7 Å². The van der Waals surface area contributed by atoms with E-state index in [9.17, 15) is 0 Å². The van der Waals surface area contributed by atoms with E-state index in [2.05, 4.69) is 25.8 Å². The van der Waals surface area contributed by atoms with Gasteiger partial charge in [0.05, 0.1) is 18.3 Å². The fourth-order valence-electron chi connectivity index (χ4n) is 1.74. The highest BCUT2D eigenvalue weighted by Crippen LogP contribution is 2.14. The molecule has 2 aromatic rings. The van der Waals surface area contributed by atoms with Crippen LogP contribution in [0.2, 0.25) is 0 Å². The maximum absolute atomic E-state index is 5.54. The molecule has 0 saturated heterocycles. The Labute approximate surface area is 112 Å². The minimum absolute atomic E-state index is 0.0598. The van der Waals surface area contributed by atoms with Gasteiger partial charge in [0.15, 0.2) is 0 Å². The summed E-state index contributed by atoms with van der Waals surface area (Å²) in [6, 6.07) is 4.42. The van der Waals surface area contributed by atoms with Crippen LogP contribution < -0.4 is 10.6 Å². The molecule has 1 unspecified atom stereocenters. The third-order valence-electron chi connectivity index (χ3n) is 2.85. The standard InChI is InChI=1S/C13H19N5O/c1-4-14-10(3)12-17-18-13(19-12)16-8-11-9(2)6-5-7-15-11/h5-7,10,14H,4,8H2,1-3H3,(H,16,18). The minimum atomic E-state index is 0.0598. The van der Waals surface area contributed by atoms with Crippen LogP contribution in [0.25, 0.3) is 0 Å². The monoisotopic (exact) mass is 261 g/mol. The second kappa shape index (κ2) is 6.29. The lowest BCUT2D eigenvalue weighted by molar-refractivity contribution is 0.428. The number of aryl methyl sites for hydroxylation is 1. The van der Waals surface area contributed by atoms with Crippen molar-refractivity contribution in [1.29, 1.82) is 0 Å². The fourth-order valence-corrected chi connectivity index (χ4v) is 1.74. The molecule has 2 heterocycles. The molecule has 0 spiro atoms. The summed E-state index contributed by atoms with van der Waals surface area (Å²) in [6.45, 7) is 7.49. The van der Waals surface area contributed by atoms with Gasteiger partial charge in [-0.25, -0.2) is 0 Å². The first kappa shape index (κ1) is 13.5. The lowest BCUT2D eigenvalue weighted by atomic mass is 10.2. The summed E-state index contributed by atoms with van der Waals surface area (Å²) in [7, 11) is 0. The van der Waals surface area contributed by atoms with Crippen LogP contribution in [0.5, 0.6) is 0 Å². The Morgan fingerprint density at radius 2 is 2.21 bits per heavy atom. The van der Waals surface area contributed by atoms with E-state index < -0.39 is 0 Å². The van der Waals surface area contributed by atoms with E-state index in [4.69, 9.17) is 4.42 Å². The number of pyridine rings is 1. The molecule has 2 aromatic heterocycles. The zero-order chi connectivity index (χ0) is 13.7. The molecule has 6 nitrogen and oxygen atoms in total. The Bertz CT molecular complexity index is 525. The molecule has 0 aliphatic heterocycles. The maximum atomic E-state index is 5.54. The van der Waals surface area contributed by atoms with Gasteiger partial charge in [0, 0.05) is 6.20 Å². The SMILES string of the molecule is CCNC(C)c1nnc(NCc2ncccc2C)o1. The Morgan fingerprint density at radius 1 is 1.37 bits per heavy atom. The summed E-state index contributed by atoms with van der Waals surface area (Å²) in [4.78, 5) is 4.30. The van der Waals surface area contributed by atoms with Gasteiger partial charge in [-0.1, -0.05) is 18.1 Å². The van der Waals surface area contributed by atoms with E-state index in [-0.39, 0.29) is 6.04 Å². The van der Waals surface area contributed by atoms with Crippen molar-refractivity contribution < 1.29 is 4.42 Å². The third-order valence-corrected chi connectivity index (χ3v) is 2.85. The van der Waals surface area contributed by atoms with E-state index in [0.29, 0.717) is 18.5 Å². The van der Waals surface area contributed by atoms with E-state index in [0.717, 1.165) is 17.8 Å². The number of rotatable bonds is 6. The Hall–Kier alpha value is -1.95. The molecule has 1 atom stereocenters. The highest BCUT2D eigenvalue weighted by Gasteiger charge is 2.12. The molecule has 0 aromatic carbocycles. The number of nitrogens with zero attached hydrogens (tertiary/aromatic N) is 3. The maximum Gasteiger partial charge on any atom is 0.315 e. The average molecular weight is 261 g/mol.